The Morgan fingerprint density at radius 3 is 2.76 bits per heavy atom. The highest BCUT2D eigenvalue weighted by Gasteiger charge is 2.26. The second kappa shape index (κ2) is 10.3. The number of thiazole rings is 1. The molecular weight excluding hydrogens is 459 g/mol. The van der Waals surface area contributed by atoms with Gasteiger partial charge in [-0.2, -0.15) is 4.98 Å². The lowest BCUT2D eigenvalue weighted by atomic mass is 9.96. The molecule has 1 aliphatic heterocycles. The van der Waals surface area contributed by atoms with Gasteiger partial charge in [0.2, 0.25) is 11.8 Å². The summed E-state index contributed by atoms with van der Waals surface area (Å²) in [5.74, 6) is -0.816. The maximum Gasteiger partial charge on any atom is 0.273 e. The number of benzene rings is 1. The van der Waals surface area contributed by atoms with Gasteiger partial charge in [-0.1, -0.05) is 24.3 Å². The van der Waals surface area contributed by atoms with Gasteiger partial charge in [-0.3, -0.25) is 19.0 Å². The monoisotopic (exact) mass is 486 g/mol. The van der Waals surface area contributed by atoms with E-state index < -0.39 is 11.7 Å². The molecule has 2 N–H and O–H groups in total. The third-order valence-electron chi connectivity index (χ3n) is 5.85. The number of aromatic nitrogens is 3. The molecule has 0 unspecified atom stereocenters. The van der Waals surface area contributed by atoms with Crippen LogP contribution in [0.3, 0.4) is 0 Å². The number of carbonyl (C=O) groups excluding carboxylic acids is 2. The van der Waals surface area contributed by atoms with Crippen molar-refractivity contribution in [1.29, 1.82) is 0 Å². The molecule has 0 aliphatic carbocycles. The summed E-state index contributed by atoms with van der Waals surface area (Å²) < 4.78 is 15.1. The van der Waals surface area contributed by atoms with Crippen LogP contribution in [0.1, 0.15) is 31.7 Å². The van der Waals surface area contributed by atoms with Gasteiger partial charge < -0.3 is 15.5 Å². The number of fused-ring (bicyclic) bond motifs is 1. The highest BCUT2D eigenvalue weighted by molar-refractivity contribution is 7.22. The number of halogens is 1. The third-order valence-corrected chi connectivity index (χ3v) is 6.94. The van der Waals surface area contributed by atoms with E-state index in [-0.39, 0.29) is 23.9 Å². The Bertz CT molecular complexity index is 1270. The van der Waals surface area contributed by atoms with Crippen molar-refractivity contribution in [3.8, 4) is 0 Å². The molecule has 1 aromatic carbocycles. The van der Waals surface area contributed by atoms with Crippen molar-refractivity contribution in [2.24, 2.45) is 5.92 Å². The summed E-state index contributed by atoms with van der Waals surface area (Å²) in [4.78, 5) is 48.5. The second-order valence-electron chi connectivity index (χ2n) is 8.39. The molecule has 1 aliphatic rings. The molecule has 9 nitrogen and oxygen atoms in total. The average molecular weight is 487 g/mol. The van der Waals surface area contributed by atoms with E-state index in [0.717, 1.165) is 24.8 Å². The van der Waals surface area contributed by atoms with Gasteiger partial charge in [0, 0.05) is 31.2 Å². The highest BCUT2D eigenvalue weighted by Crippen LogP contribution is 2.29. The smallest absolute Gasteiger partial charge is 0.273 e. The normalized spacial score (nSPS) is 14.4. The van der Waals surface area contributed by atoms with E-state index in [9.17, 15) is 18.8 Å². The number of anilines is 2. The van der Waals surface area contributed by atoms with Crippen molar-refractivity contribution in [1.82, 2.24) is 19.9 Å². The second-order valence-corrected chi connectivity index (χ2v) is 9.36. The van der Waals surface area contributed by atoms with Crippen LogP contribution in [0.15, 0.2) is 29.3 Å². The maximum absolute atomic E-state index is 13.5. The Kier molecular flexibility index (Phi) is 7.20. The molecule has 2 aromatic heterocycles. The van der Waals surface area contributed by atoms with E-state index in [4.69, 9.17) is 0 Å². The predicted molar refractivity (Wildman–Crippen MR) is 130 cm³/mol. The van der Waals surface area contributed by atoms with E-state index >= 15 is 0 Å². The quantitative estimate of drug-likeness (QED) is 0.532. The Balaban J connectivity index is 1.44. The molecule has 1 fully saturated rings. The summed E-state index contributed by atoms with van der Waals surface area (Å²) in [7, 11) is 0. The Labute approximate surface area is 200 Å². The van der Waals surface area contributed by atoms with E-state index in [1.807, 2.05) is 6.92 Å². The fraction of sp³-hybridized carbons (Fsp3) is 0.435. The molecule has 34 heavy (non-hydrogen) atoms. The molecule has 2 amide bonds. The Morgan fingerprint density at radius 2 is 2.03 bits per heavy atom. The summed E-state index contributed by atoms with van der Waals surface area (Å²) >= 11 is 1.24. The maximum atomic E-state index is 13.5. The molecule has 0 atom stereocenters. The van der Waals surface area contributed by atoms with Crippen LogP contribution in [0.25, 0.3) is 10.3 Å². The Hall–Kier alpha value is -3.34. The number of piperidine rings is 1. The zero-order chi connectivity index (χ0) is 24.2. The number of hydrogen-bond acceptors (Lipinski definition) is 7. The number of aryl methyl sites for hydroxylation is 1. The highest BCUT2D eigenvalue weighted by atomic mass is 32.1. The van der Waals surface area contributed by atoms with Crippen LogP contribution in [0.5, 0.6) is 0 Å². The SMILES string of the molecule is CCCNC(=O)C1CCN(c2nc3ncn(CC(=O)Nc4cc(F)ccc4C)c(=O)c3s2)CC1. The first-order valence-electron chi connectivity index (χ1n) is 11.3. The van der Waals surface area contributed by atoms with Gasteiger partial charge in [0.25, 0.3) is 5.56 Å². The third kappa shape index (κ3) is 5.24. The number of amides is 2. The van der Waals surface area contributed by atoms with Crippen molar-refractivity contribution in [3.05, 3.63) is 46.3 Å². The van der Waals surface area contributed by atoms with E-state index in [0.29, 0.717) is 40.8 Å². The van der Waals surface area contributed by atoms with Gasteiger partial charge in [-0.25, -0.2) is 9.37 Å². The van der Waals surface area contributed by atoms with Gasteiger partial charge in [0.1, 0.15) is 23.4 Å². The van der Waals surface area contributed by atoms with Gasteiger partial charge in [-0.05, 0) is 43.9 Å². The van der Waals surface area contributed by atoms with Crippen LogP contribution in [-0.2, 0) is 16.1 Å². The van der Waals surface area contributed by atoms with Crippen LogP contribution < -0.4 is 21.1 Å². The zero-order valence-corrected chi connectivity index (χ0v) is 20.0. The van der Waals surface area contributed by atoms with Crippen molar-refractivity contribution in [3.63, 3.8) is 0 Å². The minimum Gasteiger partial charge on any atom is -0.356 e. The lowest BCUT2D eigenvalue weighted by molar-refractivity contribution is -0.125. The fourth-order valence-electron chi connectivity index (χ4n) is 3.88. The number of nitrogens with one attached hydrogen (secondary N) is 2. The van der Waals surface area contributed by atoms with Crippen LogP contribution >= 0.6 is 11.3 Å². The summed E-state index contributed by atoms with van der Waals surface area (Å²) in [6.45, 7) is 5.57. The molecule has 0 bridgehead atoms. The molecule has 1 saturated heterocycles. The fourth-order valence-corrected chi connectivity index (χ4v) is 4.90. The summed E-state index contributed by atoms with van der Waals surface area (Å²) in [5.41, 5.74) is 1.06. The standard InChI is InChI=1S/C23H27FN6O3S/c1-3-8-25-21(32)15-6-9-29(10-7-15)23-28-20-19(34-23)22(33)30(13-26-20)12-18(31)27-17-11-16(24)5-4-14(17)2/h4-5,11,13,15H,3,6-10,12H2,1-2H3,(H,25,32)(H,27,31). The lowest BCUT2D eigenvalue weighted by Gasteiger charge is -2.30. The van der Waals surface area contributed by atoms with E-state index in [1.54, 1.807) is 13.0 Å². The molecule has 11 heteroatoms. The molecule has 4 rings (SSSR count). The van der Waals surface area contributed by atoms with Crippen LogP contribution in [0.2, 0.25) is 0 Å². The molecule has 0 spiro atoms. The number of rotatable bonds is 7. The van der Waals surface area contributed by atoms with Crippen molar-refractivity contribution >= 4 is 44.3 Å². The predicted octanol–water partition coefficient (Wildman–Crippen LogP) is 2.68. The minimum atomic E-state index is -0.455. The average Bonchev–Trinajstić information content (AvgIpc) is 3.27. The summed E-state index contributed by atoms with van der Waals surface area (Å²) in [5, 5.41) is 6.28. The molecule has 180 valence electrons. The van der Waals surface area contributed by atoms with Crippen LogP contribution in [-0.4, -0.2) is 46.0 Å². The summed E-state index contributed by atoms with van der Waals surface area (Å²) in [6.07, 6.45) is 3.66. The van der Waals surface area contributed by atoms with Crippen molar-refractivity contribution < 1.29 is 14.0 Å². The Morgan fingerprint density at radius 1 is 1.26 bits per heavy atom. The van der Waals surface area contributed by atoms with Crippen LogP contribution in [0, 0.1) is 18.7 Å². The first-order valence-corrected chi connectivity index (χ1v) is 12.1. The van der Waals surface area contributed by atoms with Crippen molar-refractivity contribution in [2.45, 2.75) is 39.7 Å². The molecule has 3 aromatic rings. The van der Waals surface area contributed by atoms with Crippen LogP contribution in [0.4, 0.5) is 15.2 Å². The largest absolute Gasteiger partial charge is 0.356 e. The summed E-state index contributed by atoms with van der Waals surface area (Å²) in [6, 6.07) is 4.13. The topological polar surface area (TPSA) is 109 Å². The number of nitrogens with zero attached hydrogens (tertiary/aromatic N) is 4. The first kappa shape index (κ1) is 23.8. The van der Waals surface area contributed by atoms with Crippen molar-refractivity contribution in [2.75, 3.05) is 29.9 Å². The molecule has 0 saturated carbocycles. The zero-order valence-electron chi connectivity index (χ0n) is 19.1. The molecule has 3 heterocycles. The number of carbonyl (C=O) groups is 2. The van der Waals surface area contributed by atoms with Gasteiger partial charge in [0.05, 0.1) is 0 Å². The van der Waals surface area contributed by atoms with E-state index in [1.165, 1.54) is 34.4 Å². The number of hydrogen-bond donors (Lipinski definition) is 2. The first-order chi connectivity index (χ1) is 16.4. The molecule has 0 radical (unpaired) electrons. The minimum absolute atomic E-state index is 0.00669. The van der Waals surface area contributed by atoms with E-state index in [2.05, 4.69) is 25.5 Å². The lowest BCUT2D eigenvalue weighted by Crippen LogP contribution is -2.40. The van der Waals surface area contributed by atoms with Gasteiger partial charge >= 0.3 is 0 Å². The van der Waals surface area contributed by atoms with Gasteiger partial charge in [0.15, 0.2) is 10.8 Å². The van der Waals surface area contributed by atoms with Gasteiger partial charge in [-0.15, -0.1) is 0 Å². The molecular formula is C23H27FN6O3S.